The molecule has 2 aromatic carbocycles. The smallest absolute Gasteiger partial charge is 0.246 e. The highest BCUT2D eigenvalue weighted by molar-refractivity contribution is 6.03. The van der Waals surface area contributed by atoms with Gasteiger partial charge in [-0.15, -0.1) is 0 Å². The second-order valence-corrected chi connectivity index (χ2v) is 7.18. The van der Waals surface area contributed by atoms with Crippen molar-refractivity contribution in [3.8, 4) is 11.5 Å². The Morgan fingerprint density at radius 1 is 1.07 bits per heavy atom. The van der Waals surface area contributed by atoms with Gasteiger partial charge < -0.3 is 14.4 Å². The Balaban J connectivity index is 1.51. The Morgan fingerprint density at radius 2 is 1.79 bits per heavy atom. The lowest BCUT2D eigenvalue weighted by atomic mass is 10.1. The van der Waals surface area contributed by atoms with Gasteiger partial charge in [0.25, 0.3) is 0 Å². The van der Waals surface area contributed by atoms with Crippen molar-refractivity contribution in [1.29, 1.82) is 0 Å². The van der Waals surface area contributed by atoms with Crippen molar-refractivity contribution in [2.75, 3.05) is 24.7 Å². The van der Waals surface area contributed by atoms with Crippen molar-refractivity contribution < 1.29 is 19.1 Å². The molecule has 0 aromatic heterocycles. The number of nitrogens with zero attached hydrogens (tertiary/aromatic N) is 2. The minimum atomic E-state index is -0.450. The van der Waals surface area contributed by atoms with Gasteiger partial charge in [0.15, 0.2) is 0 Å². The van der Waals surface area contributed by atoms with Crippen LogP contribution in [-0.4, -0.2) is 48.6 Å². The van der Waals surface area contributed by atoms with Gasteiger partial charge in [-0.2, -0.15) is 0 Å². The third-order valence-electron chi connectivity index (χ3n) is 5.24. The minimum absolute atomic E-state index is 0.00580. The molecule has 0 radical (unpaired) electrons. The first-order valence-electron chi connectivity index (χ1n) is 9.67. The summed E-state index contributed by atoms with van der Waals surface area (Å²) in [6.45, 7) is 3.64. The number of rotatable bonds is 4. The van der Waals surface area contributed by atoms with E-state index in [9.17, 15) is 9.59 Å². The van der Waals surface area contributed by atoms with Crippen molar-refractivity contribution in [3.63, 3.8) is 0 Å². The molecule has 2 unspecified atom stereocenters. The fourth-order valence-electron chi connectivity index (χ4n) is 3.79. The zero-order valence-electron chi connectivity index (χ0n) is 15.9. The van der Waals surface area contributed by atoms with Crippen LogP contribution in [0.4, 0.5) is 5.69 Å². The predicted octanol–water partition coefficient (Wildman–Crippen LogP) is 3.22. The maximum absolute atomic E-state index is 13.1. The van der Waals surface area contributed by atoms with E-state index in [1.165, 1.54) is 0 Å². The minimum Gasteiger partial charge on any atom is -0.457 e. The summed E-state index contributed by atoms with van der Waals surface area (Å²) in [5.74, 6) is 1.43. The van der Waals surface area contributed by atoms with Crippen LogP contribution in [0.5, 0.6) is 11.5 Å². The van der Waals surface area contributed by atoms with E-state index in [2.05, 4.69) is 0 Å². The molecule has 6 nitrogen and oxygen atoms in total. The van der Waals surface area contributed by atoms with Crippen LogP contribution in [-0.2, 0) is 14.3 Å². The summed E-state index contributed by atoms with van der Waals surface area (Å²) in [5, 5.41) is 0. The van der Waals surface area contributed by atoms with Crippen molar-refractivity contribution in [2.24, 2.45) is 0 Å². The zero-order valence-corrected chi connectivity index (χ0v) is 15.9. The third-order valence-corrected chi connectivity index (χ3v) is 5.24. The predicted molar refractivity (Wildman–Crippen MR) is 105 cm³/mol. The number of amides is 2. The first-order chi connectivity index (χ1) is 13.6. The van der Waals surface area contributed by atoms with Gasteiger partial charge >= 0.3 is 0 Å². The molecule has 6 heteroatoms. The van der Waals surface area contributed by atoms with Gasteiger partial charge in [0.1, 0.15) is 17.5 Å². The third kappa shape index (κ3) is 3.73. The molecule has 2 aliphatic heterocycles. The molecule has 146 valence electrons. The first kappa shape index (κ1) is 18.5. The van der Waals surface area contributed by atoms with Gasteiger partial charge in [0, 0.05) is 18.7 Å². The van der Waals surface area contributed by atoms with E-state index in [0.29, 0.717) is 38.3 Å². The number of ether oxygens (including phenoxy) is 2. The normalized spacial score (nSPS) is 22.4. The second kappa shape index (κ2) is 8.02. The summed E-state index contributed by atoms with van der Waals surface area (Å²) >= 11 is 0. The Bertz CT molecular complexity index is 837. The van der Waals surface area contributed by atoms with Crippen LogP contribution in [0.3, 0.4) is 0 Å². The number of carbonyl (C=O) groups excluding carboxylic acids is 2. The molecule has 0 aliphatic carbocycles. The van der Waals surface area contributed by atoms with E-state index >= 15 is 0 Å². The van der Waals surface area contributed by atoms with E-state index in [1.807, 2.05) is 66.4 Å². The van der Waals surface area contributed by atoms with E-state index in [0.717, 1.165) is 11.4 Å². The average Bonchev–Trinajstić information content (AvgIpc) is 3.11. The topological polar surface area (TPSA) is 59.1 Å². The molecule has 0 bridgehead atoms. The summed E-state index contributed by atoms with van der Waals surface area (Å²) in [7, 11) is 0. The molecule has 2 amide bonds. The van der Waals surface area contributed by atoms with Gasteiger partial charge in [0.05, 0.1) is 19.3 Å². The lowest BCUT2D eigenvalue weighted by molar-refractivity contribution is -0.140. The number of para-hydroxylation sites is 1. The van der Waals surface area contributed by atoms with Crippen LogP contribution in [0.2, 0.25) is 0 Å². The van der Waals surface area contributed by atoms with E-state index in [-0.39, 0.29) is 17.9 Å². The summed E-state index contributed by atoms with van der Waals surface area (Å²) in [5.41, 5.74) is 0.724. The molecular formula is C22H24N2O4. The summed E-state index contributed by atoms with van der Waals surface area (Å²) in [6, 6.07) is 16.4. The molecule has 2 saturated heterocycles. The molecule has 0 saturated carbocycles. The maximum Gasteiger partial charge on any atom is 0.246 e. The summed E-state index contributed by atoms with van der Waals surface area (Å²) < 4.78 is 11.2. The highest BCUT2D eigenvalue weighted by Crippen LogP contribution is 2.31. The molecule has 28 heavy (non-hydrogen) atoms. The van der Waals surface area contributed by atoms with Gasteiger partial charge in [-0.25, -0.2) is 0 Å². The Hall–Kier alpha value is -2.86. The molecule has 0 spiro atoms. The molecule has 2 heterocycles. The highest BCUT2D eigenvalue weighted by Gasteiger charge is 2.40. The first-order valence-corrected chi connectivity index (χ1v) is 9.67. The van der Waals surface area contributed by atoms with Crippen LogP contribution < -0.4 is 9.64 Å². The highest BCUT2D eigenvalue weighted by atomic mass is 16.5. The molecule has 2 fully saturated rings. The molecule has 2 aromatic rings. The SMILES string of the molecule is CC1COCCN1C(=O)C1CCC(=O)N1c1ccc(Oc2ccccc2)cc1. The van der Waals surface area contributed by atoms with Gasteiger partial charge in [-0.05, 0) is 49.7 Å². The average molecular weight is 380 g/mol. The number of hydrogen-bond donors (Lipinski definition) is 0. The molecular weight excluding hydrogens is 356 g/mol. The number of benzene rings is 2. The monoisotopic (exact) mass is 380 g/mol. The largest absolute Gasteiger partial charge is 0.457 e. The Morgan fingerprint density at radius 3 is 2.50 bits per heavy atom. The number of anilines is 1. The van der Waals surface area contributed by atoms with Gasteiger partial charge in [-0.1, -0.05) is 18.2 Å². The van der Waals surface area contributed by atoms with Crippen LogP contribution in [0.1, 0.15) is 19.8 Å². The fraction of sp³-hybridized carbons (Fsp3) is 0.364. The Labute approximate surface area is 164 Å². The zero-order chi connectivity index (χ0) is 19.5. The number of morpholine rings is 1. The Kier molecular flexibility index (Phi) is 5.30. The summed E-state index contributed by atoms with van der Waals surface area (Å²) in [6.07, 6.45) is 0.932. The lowest BCUT2D eigenvalue weighted by Crippen LogP contribution is -2.54. The molecule has 4 rings (SSSR count). The van der Waals surface area contributed by atoms with Crippen LogP contribution in [0.25, 0.3) is 0 Å². The van der Waals surface area contributed by atoms with Gasteiger partial charge in [-0.3, -0.25) is 14.5 Å². The molecule has 2 aliphatic rings. The molecule has 0 N–H and O–H groups in total. The lowest BCUT2D eigenvalue weighted by Gasteiger charge is -2.37. The maximum atomic E-state index is 13.1. The van der Waals surface area contributed by atoms with Gasteiger partial charge in [0.2, 0.25) is 11.8 Å². The van der Waals surface area contributed by atoms with Crippen LogP contribution >= 0.6 is 0 Å². The quantitative estimate of drug-likeness (QED) is 0.817. The van der Waals surface area contributed by atoms with Crippen molar-refractivity contribution in [3.05, 3.63) is 54.6 Å². The van der Waals surface area contributed by atoms with E-state index in [4.69, 9.17) is 9.47 Å². The second-order valence-electron chi connectivity index (χ2n) is 7.18. The van der Waals surface area contributed by atoms with E-state index < -0.39 is 6.04 Å². The number of carbonyl (C=O) groups is 2. The van der Waals surface area contributed by atoms with Crippen molar-refractivity contribution in [1.82, 2.24) is 4.90 Å². The van der Waals surface area contributed by atoms with Crippen molar-refractivity contribution >= 4 is 17.5 Å². The standard InChI is InChI=1S/C22H24N2O4/c1-16-15-27-14-13-23(16)22(26)20-11-12-21(25)24(20)17-7-9-19(10-8-17)28-18-5-3-2-4-6-18/h2-10,16,20H,11-15H2,1H3. The van der Waals surface area contributed by atoms with Crippen LogP contribution in [0.15, 0.2) is 54.6 Å². The van der Waals surface area contributed by atoms with E-state index in [1.54, 1.807) is 4.90 Å². The fourth-order valence-corrected chi connectivity index (χ4v) is 3.79. The van der Waals surface area contributed by atoms with Crippen molar-refractivity contribution in [2.45, 2.75) is 31.8 Å². The molecule has 2 atom stereocenters. The van der Waals surface area contributed by atoms with Crippen LogP contribution in [0, 0.1) is 0 Å². The summed E-state index contributed by atoms with van der Waals surface area (Å²) in [4.78, 5) is 29.1. The number of hydrogen-bond acceptors (Lipinski definition) is 4.